The maximum absolute atomic E-state index is 14.1. The first-order chi connectivity index (χ1) is 11.3. The van der Waals surface area contributed by atoms with E-state index in [0.717, 1.165) is 4.90 Å². The second-order valence-corrected chi connectivity index (χ2v) is 5.54. The Bertz CT molecular complexity index is 871. The summed E-state index contributed by atoms with van der Waals surface area (Å²) in [5, 5.41) is 20.2. The van der Waals surface area contributed by atoms with E-state index in [9.17, 15) is 24.1 Å². The zero-order valence-electron chi connectivity index (χ0n) is 12.3. The van der Waals surface area contributed by atoms with E-state index in [4.69, 9.17) is 5.11 Å². The molecule has 1 aliphatic heterocycles. The number of carbonyl (C=O) groups is 2. The maximum Gasteiger partial charge on any atom is 0.343 e. The Hall–Kier alpha value is -3.10. The van der Waals surface area contributed by atoms with Crippen LogP contribution in [0.5, 0.6) is 0 Å². The summed E-state index contributed by atoms with van der Waals surface area (Å²) in [5.74, 6) is -2.21. The second kappa shape index (κ2) is 5.52. The minimum atomic E-state index is -2.47. The summed E-state index contributed by atoms with van der Waals surface area (Å²) < 4.78 is 14.1. The van der Waals surface area contributed by atoms with E-state index in [1.165, 1.54) is 30.5 Å². The molecule has 2 aromatic rings. The average Bonchev–Trinajstić information content (AvgIpc) is 2.97. The second-order valence-electron chi connectivity index (χ2n) is 5.54. The Balaban J connectivity index is 2.02. The van der Waals surface area contributed by atoms with Gasteiger partial charge in [-0.15, -0.1) is 0 Å². The molecule has 0 spiro atoms. The fourth-order valence-corrected chi connectivity index (χ4v) is 2.78. The largest absolute Gasteiger partial charge is 0.479 e. The lowest BCUT2D eigenvalue weighted by Crippen LogP contribution is -2.39. The van der Waals surface area contributed by atoms with Crippen LogP contribution in [0.25, 0.3) is 10.9 Å². The van der Waals surface area contributed by atoms with Crippen LogP contribution in [0.2, 0.25) is 0 Å². The molecule has 0 saturated carbocycles. The molecule has 1 aliphatic rings. The van der Waals surface area contributed by atoms with Gasteiger partial charge in [0.1, 0.15) is 0 Å². The van der Waals surface area contributed by atoms with E-state index in [0.29, 0.717) is 0 Å². The normalized spacial score (nSPS) is 20.3. The van der Waals surface area contributed by atoms with Crippen LogP contribution in [0.15, 0.2) is 30.5 Å². The van der Waals surface area contributed by atoms with Crippen LogP contribution in [0.1, 0.15) is 16.8 Å². The number of hydrogen-bond donors (Lipinski definition) is 1. The minimum Gasteiger partial charge on any atom is -0.479 e. The number of nitro groups is 1. The molecule has 1 unspecified atom stereocenters. The first-order valence-corrected chi connectivity index (χ1v) is 7.07. The monoisotopic (exact) mass is 333 g/mol. The highest BCUT2D eigenvalue weighted by Gasteiger charge is 2.47. The molecule has 9 heteroatoms. The Morgan fingerprint density at radius 2 is 2.12 bits per heavy atom. The van der Waals surface area contributed by atoms with Gasteiger partial charge in [-0.05, 0) is 18.2 Å². The summed E-state index contributed by atoms with van der Waals surface area (Å²) >= 11 is 0. The number of fused-ring (bicyclic) bond motifs is 1. The molecular formula is C15H12FN3O5. The molecule has 0 radical (unpaired) electrons. The van der Waals surface area contributed by atoms with Crippen molar-refractivity contribution in [3.8, 4) is 0 Å². The van der Waals surface area contributed by atoms with Crippen molar-refractivity contribution in [3.63, 3.8) is 0 Å². The van der Waals surface area contributed by atoms with Crippen molar-refractivity contribution in [2.45, 2.75) is 12.1 Å². The lowest BCUT2D eigenvalue weighted by Gasteiger charge is -2.18. The summed E-state index contributed by atoms with van der Waals surface area (Å²) in [6.45, 7) is -0.612. The van der Waals surface area contributed by atoms with Gasteiger partial charge >= 0.3 is 5.97 Å². The zero-order chi connectivity index (χ0) is 17.5. The SMILES string of the molecule is O=C(c1ccc([N+](=O)[O-])c2cccnc12)N1CCC(F)(C(=O)O)C1. The third kappa shape index (κ3) is 2.43. The van der Waals surface area contributed by atoms with Crippen LogP contribution >= 0.6 is 0 Å². The number of nitrogens with zero attached hydrogens (tertiary/aromatic N) is 3. The highest BCUT2D eigenvalue weighted by atomic mass is 19.1. The molecule has 24 heavy (non-hydrogen) atoms. The zero-order valence-corrected chi connectivity index (χ0v) is 12.3. The highest BCUT2D eigenvalue weighted by molar-refractivity contribution is 6.08. The number of rotatable bonds is 3. The van der Waals surface area contributed by atoms with Crippen LogP contribution < -0.4 is 0 Å². The molecule has 0 bridgehead atoms. The Kier molecular flexibility index (Phi) is 3.63. The molecule has 0 aliphatic carbocycles. The molecule has 3 rings (SSSR count). The molecule has 8 nitrogen and oxygen atoms in total. The van der Waals surface area contributed by atoms with Crippen molar-refractivity contribution >= 4 is 28.5 Å². The first-order valence-electron chi connectivity index (χ1n) is 7.07. The van der Waals surface area contributed by atoms with E-state index in [1.54, 1.807) is 0 Å². The molecule has 1 aromatic carbocycles. The molecule has 1 atom stereocenters. The number of carbonyl (C=O) groups excluding carboxylic acids is 1. The van der Waals surface area contributed by atoms with Crippen molar-refractivity contribution < 1.29 is 24.0 Å². The number of benzene rings is 1. The van der Waals surface area contributed by atoms with E-state index in [-0.39, 0.29) is 35.1 Å². The van der Waals surface area contributed by atoms with Gasteiger partial charge in [0, 0.05) is 25.2 Å². The van der Waals surface area contributed by atoms with Gasteiger partial charge in [-0.2, -0.15) is 0 Å². The van der Waals surface area contributed by atoms with Gasteiger partial charge in [-0.25, -0.2) is 9.18 Å². The van der Waals surface area contributed by atoms with Crippen LogP contribution in [-0.2, 0) is 4.79 Å². The van der Waals surface area contributed by atoms with Gasteiger partial charge in [0.15, 0.2) is 0 Å². The van der Waals surface area contributed by atoms with Crippen LogP contribution in [0, 0.1) is 10.1 Å². The van der Waals surface area contributed by atoms with Gasteiger partial charge in [0.2, 0.25) is 5.67 Å². The number of nitro benzene ring substituents is 1. The number of alkyl halides is 1. The number of aromatic nitrogens is 1. The van der Waals surface area contributed by atoms with Gasteiger partial charge in [-0.1, -0.05) is 0 Å². The molecular weight excluding hydrogens is 321 g/mol. The van der Waals surface area contributed by atoms with Gasteiger partial charge in [0.05, 0.1) is 27.9 Å². The van der Waals surface area contributed by atoms with E-state index >= 15 is 0 Å². The molecule has 124 valence electrons. The Morgan fingerprint density at radius 1 is 1.38 bits per heavy atom. The van der Waals surface area contributed by atoms with Crippen molar-refractivity contribution in [1.82, 2.24) is 9.88 Å². The van der Waals surface area contributed by atoms with Crippen molar-refractivity contribution in [3.05, 3.63) is 46.1 Å². The molecule has 1 saturated heterocycles. The van der Waals surface area contributed by atoms with Crippen molar-refractivity contribution in [2.24, 2.45) is 0 Å². The molecule has 1 fully saturated rings. The van der Waals surface area contributed by atoms with Crippen molar-refractivity contribution in [2.75, 3.05) is 13.1 Å². The third-order valence-electron chi connectivity index (χ3n) is 4.06. The Morgan fingerprint density at radius 3 is 2.75 bits per heavy atom. The maximum atomic E-state index is 14.1. The van der Waals surface area contributed by atoms with Gasteiger partial charge in [0.25, 0.3) is 11.6 Å². The average molecular weight is 333 g/mol. The minimum absolute atomic E-state index is 0.0487. The summed E-state index contributed by atoms with van der Waals surface area (Å²) in [7, 11) is 0. The number of hydrogen-bond acceptors (Lipinski definition) is 5. The van der Waals surface area contributed by atoms with Crippen LogP contribution in [-0.4, -0.2) is 50.5 Å². The summed E-state index contributed by atoms with van der Waals surface area (Å²) in [4.78, 5) is 39.2. The summed E-state index contributed by atoms with van der Waals surface area (Å²) in [6, 6.07) is 5.43. The lowest BCUT2D eigenvalue weighted by molar-refractivity contribution is -0.383. The summed E-state index contributed by atoms with van der Waals surface area (Å²) in [6.07, 6.45) is 1.09. The number of aliphatic carboxylic acids is 1. The number of non-ortho nitro benzene ring substituents is 1. The van der Waals surface area contributed by atoms with Crippen LogP contribution in [0.4, 0.5) is 10.1 Å². The lowest BCUT2D eigenvalue weighted by atomic mass is 10.1. The summed E-state index contributed by atoms with van der Waals surface area (Å²) in [5.41, 5.74) is -2.46. The van der Waals surface area contributed by atoms with Gasteiger partial charge < -0.3 is 10.0 Å². The molecule has 2 heterocycles. The third-order valence-corrected chi connectivity index (χ3v) is 4.06. The topological polar surface area (TPSA) is 114 Å². The fourth-order valence-electron chi connectivity index (χ4n) is 2.78. The number of carboxylic acids is 1. The van der Waals surface area contributed by atoms with Crippen LogP contribution in [0.3, 0.4) is 0 Å². The highest BCUT2D eigenvalue weighted by Crippen LogP contribution is 2.31. The smallest absolute Gasteiger partial charge is 0.343 e. The van der Waals surface area contributed by atoms with E-state index in [1.807, 2.05) is 0 Å². The van der Waals surface area contributed by atoms with E-state index < -0.39 is 29.0 Å². The van der Waals surface area contributed by atoms with Gasteiger partial charge in [-0.3, -0.25) is 19.9 Å². The Labute approximate surface area is 134 Å². The molecule has 1 aromatic heterocycles. The number of carboxylic acid groups (broad SMARTS) is 1. The predicted octanol–water partition coefficient (Wildman–Crippen LogP) is 1.78. The predicted molar refractivity (Wildman–Crippen MR) is 80.4 cm³/mol. The first kappa shape index (κ1) is 15.8. The number of likely N-dealkylation sites (tertiary alicyclic amines) is 1. The standard InChI is InChI=1S/C15H12FN3O5/c16-15(14(21)22)5-7-18(8-15)13(20)10-3-4-11(19(23)24)9-2-1-6-17-12(9)10/h1-4,6H,5,7-8H2,(H,21,22). The number of amides is 1. The number of halogens is 1. The van der Waals surface area contributed by atoms with Crippen molar-refractivity contribution in [1.29, 1.82) is 0 Å². The quantitative estimate of drug-likeness (QED) is 0.676. The van der Waals surface area contributed by atoms with E-state index in [2.05, 4.69) is 4.98 Å². The molecule has 1 amide bonds. The fraction of sp³-hybridized carbons (Fsp3) is 0.267. The number of pyridine rings is 1. The molecule has 1 N–H and O–H groups in total.